The maximum Gasteiger partial charge on any atom is 0.122 e. The summed E-state index contributed by atoms with van der Waals surface area (Å²) in [5.74, 6) is 0.331. The summed E-state index contributed by atoms with van der Waals surface area (Å²) in [4.78, 5) is 2.58. The van der Waals surface area contributed by atoms with Gasteiger partial charge in [0.1, 0.15) is 5.75 Å². The molecule has 0 saturated heterocycles. The Kier molecular flexibility index (Phi) is 2.87. The van der Waals surface area contributed by atoms with Gasteiger partial charge in [0.15, 0.2) is 0 Å². The second-order valence-corrected chi connectivity index (χ2v) is 6.10. The Labute approximate surface area is 109 Å². The Bertz CT molecular complexity index is 563. The second-order valence-electron chi connectivity index (χ2n) is 3.67. The van der Waals surface area contributed by atoms with E-state index in [0.29, 0.717) is 5.75 Å². The van der Waals surface area contributed by atoms with Crippen LogP contribution in [0.15, 0.2) is 62.6 Å². The number of phenols is 1. The van der Waals surface area contributed by atoms with Gasteiger partial charge in [-0.3, -0.25) is 0 Å². The molecule has 0 atom stereocenters. The van der Waals surface area contributed by atoms with Crippen LogP contribution in [0.1, 0.15) is 5.56 Å². The first-order valence-corrected chi connectivity index (χ1v) is 6.91. The average Bonchev–Trinajstić information content (AvgIpc) is 2.74. The summed E-state index contributed by atoms with van der Waals surface area (Å²) >= 11 is 3.51. The number of hydrogen-bond acceptors (Lipinski definition) is 3. The molecule has 0 radical (unpaired) electrons. The van der Waals surface area contributed by atoms with Crippen molar-refractivity contribution in [3.8, 4) is 5.75 Å². The van der Waals surface area contributed by atoms with E-state index in [-0.39, 0.29) is 0 Å². The van der Waals surface area contributed by atoms with Gasteiger partial charge < -0.3 is 5.11 Å². The molecule has 1 nitrogen and oxygen atoms in total. The summed E-state index contributed by atoms with van der Waals surface area (Å²) in [6.07, 6.45) is 2.03. The van der Waals surface area contributed by atoms with Crippen molar-refractivity contribution in [2.24, 2.45) is 0 Å². The number of fused-ring (bicyclic) bond motifs is 1. The van der Waals surface area contributed by atoms with Gasteiger partial charge in [0, 0.05) is 15.4 Å². The highest BCUT2D eigenvalue weighted by molar-refractivity contribution is 8.24. The van der Waals surface area contributed by atoms with E-state index in [0.717, 1.165) is 5.56 Å². The summed E-state index contributed by atoms with van der Waals surface area (Å²) in [7, 11) is 0. The molecule has 0 aromatic heterocycles. The van der Waals surface area contributed by atoms with Crippen molar-refractivity contribution in [1.82, 2.24) is 0 Å². The normalized spacial score (nSPS) is 13.5. The maximum absolute atomic E-state index is 9.72. The van der Waals surface area contributed by atoms with Crippen LogP contribution in [0.5, 0.6) is 5.75 Å². The van der Waals surface area contributed by atoms with Gasteiger partial charge in [0.05, 0.1) is 4.24 Å². The van der Waals surface area contributed by atoms with Crippen LogP contribution in [-0.4, -0.2) is 5.11 Å². The van der Waals surface area contributed by atoms with Crippen LogP contribution in [-0.2, 0) is 0 Å². The fourth-order valence-electron chi connectivity index (χ4n) is 1.65. The van der Waals surface area contributed by atoms with E-state index in [1.807, 2.05) is 24.3 Å². The highest BCUT2D eigenvalue weighted by Crippen LogP contribution is 2.51. The summed E-state index contributed by atoms with van der Waals surface area (Å²) < 4.78 is 1.20. The van der Waals surface area contributed by atoms with Crippen LogP contribution in [0.3, 0.4) is 0 Å². The van der Waals surface area contributed by atoms with Gasteiger partial charge in [-0.15, -0.1) is 0 Å². The lowest BCUT2D eigenvalue weighted by Gasteiger charge is -1.99. The van der Waals surface area contributed by atoms with Crippen LogP contribution in [0.2, 0.25) is 0 Å². The molecule has 0 fully saturated rings. The van der Waals surface area contributed by atoms with Crippen LogP contribution in [0, 0.1) is 0 Å². The minimum absolute atomic E-state index is 0.331. The minimum atomic E-state index is 0.331. The topological polar surface area (TPSA) is 20.2 Å². The number of para-hydroxylation sites is 1. The molecule has 2 aromatic carbocycles. The van der Waals surface area contributed by atoms with Gasteiger partial charge >= 0.3 is 0 Å². The SMILES string of the molecule is Oc1ccccc1C=C1Sc2ccccc2S1. The fourth-order valence-corrected chi connectivity index (χ4v) is 4.04. The fraction of sp³-hybridized carbons (Fsp3) is 0. The third-order valence-electron chi connectivity index (χ3n) is 2.48. The maximum atomic E-state index is 9.72. The average molecular weight is 258 g/mol. The molecule has 0 aliphatic carbocycles. The molecule has 2 aromatic rings. The Morgan fingerprint density at radius 1 is 0.824 bits per heavy atom. The molecule has 3 heteroatoms. The molecule has 0 bridgehead atoms. The zero-order valence-electron chi connectivity index (χ0n) is 8.96. The van der Waals surface area contributed by atoms with Crippen LogP contribution in [0.25, 0.3) is 6.08 Å². The highest BCUT2D eigenvalue weighted by Gasteiger charge is 2.16. The molecule has 1 heterocycles. The summed E-state index contributed by atoms with van der Waals surface area (Å²) in [5, 5.41) is 9.72. The molecule has 1 N–H and O–H groups in total. The van der Waals surface area contributed by atoms with E-state index in [4.69, 9.17) is 0 Å². The predicted octanol–water partition coefficient (Wildman–Crippen LogP) is 4.59. The Morgan fingerprint density at radius 3 is 2.06 bits per heavy atom. The zero-order chi connectivity index (χ0) is 11.7. The van der Waals surface area contributed by atoms with Gasteiger partial charge in [-0.1, -0.05) is 53.9 Å². The lowest BCUT2D eigenvalue weighted by atomic mass is 10.2. The van der Waals surface area contributed by atoms with E-state index in [1.165, 1.54) is 14.0 Å². The van der Waals surface area contributed by atoms with Crippen molar-refractivity contribution in [2.75, 3.05) is 0 Å². The lowest BCUT2D eigenvalue weighted by Crippen LogP contribution is -1.73. The van der Waals surface area contributed by atoms with Crippen molar-refractivity contribution < 1.29 is 5.11 Å². The molecule has 0 unspecified atom stereocenters. The molecular formula is C14H10OS2. The molecule has 0 saturated carbocycles. The first-order valence-electron chi connectivity index (χ1n) is 5.27. The van der Waals surface area contributed by atoms with Gasteiger partial charge in [-0.25, -0.2) is 0 Å². The van der Waals surface area contributed by atoms with Crippen molar-refractivity contribution in [3.63, 3.8) is 0 Å². The number of benzene rings is 2. The van der Waals surface area contributed by atoms with Crippen LogP contribution >= 0.6 is 23.5 Å². The molecular weight excluding hydrogens is 248 g/mol. The summed E-state index contributed by atoms with van der Waals surface area (Å²) in [5.41, 5.74) is 0.871. The van der Waals surface area contributed by atoms with Gasteiger partial charge in [0.25, 0.3) is 0 Å². The second kappa shape index (κ2) is 4.51. The molecule has 1 aliphatic rings. The van der Waals surface area contributed by atoms with Gasteiger partial charge in [0.2, 0.25) is 0 Å². The smallest absolute Gasteiger partial charge is 0.122 e. The van der Waals surface area contributed by atoms with Crippen molar-refractivity contribution in [1.29, 1.82) is 0 Å². The Hall–Kier alpha value is -1.32. The van der Waals surface area contributed by atoms with E-state index >= 15 is 0 Å². The van der Waals surface area contributed by atoms with Crippen molar-refractivity contribution >= 4 is 29.6 Å². The van der Waals surface area contributed by atoms with Crippen molar-refractivity contribution in [2.45, 2.75) is 9.79 Å². The largest absolute Gasteiger partial charge is 0.507 e. The molecule has 3 rings (SSSR count). The minimum Gasteiger partial charge on any atom is -0.507 e. The van der Waals surface area contributed by atoms with Crippen LogP contribution in [0.4, 0.5) is 0 Å². The van der Waals surface area contributed by atoms with E-state index in [2.05, 4.69) is 24.3 Å². The quantitative estimate of drug-likeness (QED) is 0.808. The van der Waals surface area contributed by atoms with Gasteiger partial charge in [-0.05, 0) is 24.3 Å². The zero-order valence-corrected chi connectivity index (χ0v) is 10.6. The summed E-state index contributed by atoms with van der Waals surface area (Å²) in [6.45, 7) is 0. The predicted molar refractivity (Wildman–Crippen MR) is 74.2 cm³/mol. The highest BCUT2D eigenvalue weighted by atomic mass is 32.2. The number of phenolic OH excluding ortho intramolecular Hbond substituents is 1. The molecule has 17 heavy (non-hydrogen) atoms. The van der Waals surface area contributed by atoms with Gasteiger partial charge in [-0.2, -0.15) is 0 Å². The van der Waals surface area contributed by atoms with Crippen LogP contribution < -0.4 is 0 Å². The van der Waals surface area contributed by atoms with E-state index < -0.39 is 0 Å². The number of rotatable bonds is 1. The molecule has 0 amide bonds. The Morgan fingerprint density at radius 2 is 1.41 bits per heavy atom. The molecule has 1 aliphatic heterocycles. The third kappa shape index (κ3) is 2.21. The van der Waals surface area contributed by atoms with E-state index in [9.17, 15) is 5.11 Å². The first-order chi connectivity index (χ1) is 8.33. The lowest BCUT2D eigenvalue weighted by molar-refractivity contribution is 0.474. The number of thioether (sulfide) groups is 2. The first kappa shape index (κ1) is 10.8. The molecule has 0 spiro atoms. The Balaban J connectivity index is 1.92. The third-order valence-corrected chi connectivity index (χ3v) is 4.90. The number of hydrogen-bond donors (Lipinski definition) is 1. The number of aromatic hydroxyl groups is 1. The van der Waals surface area contributed by atoms with Crippen molar-refractivity contribution in [3.05, 3.63) is 58.3 Å². The van der Waals surface area contributed by atoms with E-state index in [1.54, 1.807) is 29.6 Å². The summed E-state index contributed by atoms with van der Waals surface area (Å²) in [6, 6.07) is 15.8. The molecule has 84 valence electrons. The monoisotopic (exact) mass is 258 g/mol. The standard InChI is InChI=1S/C14H10OS2/c15-11-6-2-1-5-10(11)9-14-16-12-7-3-4-8-13(12)17-14/h1-9,15H.